The Balaban J connectivity index is 1.16. The van der Waals surface area contributed by atoms with E-state index in [-0.39, 0.29) is 28.6 Å². The Morgan fingerprint density at radius 2 is 1.87 bits per heavy atom. The van der Waals surface area contributed by atoms with Crippen LogP contribution in [0.15, 0.2) is 51.8 Å². The fourth-order valence-corrected chi connectivity index (χ4v) is 7.16. The smallest absolute Gasteiger partial charge is 0.341 e. The van der Waals surface area contributed by atoms with Crippen molar-refractivity contribution in [3.8, 4) is 22.8 Å². The fraction of sp³-hybridized carbons (Fsp3) is 0.412. The average molecular weight is 629 g/mol. The number of hydrogen-bond acceptors (Lipinski definition) is 12. The zero-order valence-corrected chi connectivity index (χ0v) is 25.8. The molecule has 3 aliphatic heterocycles. The third-order valence-corrected chi connectivity index (χ3v) is 9.33. The van der Waals surface area contributed by atoms with Crippen LogP contribution in [0.4, 0.5) is 11.6 Å². The third kappa shape index (κ3) is 5.11. The maximum atomic E-state index is 14.0. The summed E-state index contributed by atoms with van der Waals surface area (Å²) in [5.74, 6) is 0.0475. The van der Waals surface area contributed by atoms with Crippen molar-refractivity contribution in [2.75, 3.05) is 11.5 Å². The number of pyridine rings is 2. The molecule has 6 heterocycles. The van der Waals surface area contributed by atoms with Gasteiger partial charge >= 0.3 is 5.97 Å². The van der Waals surface area contributed by atoms with E-state index in [1.165, 1.54) is 6.07 Å². The number of nitrogens with zero attached hydrogens (tertiary/aromatic N) is 2. The second kappa shape index (κ2) is 10.7. The van der Waals surface area contributed by atoms with Crippen LogP contribution in [0.3, 0.4) is 0 Å². The van der Waals surface area contributed by atoms with E-state index < -0.39 is 41.4 Å². The lowest BCUT2D eigenvalue weighted by atomic mass is 9.77. The number of carbonyl (C=O) groups excluding carboxylic acids is 1. The normalized spacial score (nSPS) is 26.7. The molecule has 3 aromatic heterocycles. The van der Waals surface area contributed by atoms with E-state index in [9.17, 15) is 19.8 Å². The van der Waals surface area contributed by atoms with E-state index in [4.69, 9.17) is 30.1 Å². The Morgan fingerprint density at radius 3 is 2.65 bits per heavy atom. The minimum atomic E-state index is -1.32. The number of ether oxygens (including phenoxy) is 3. The highest BCUT2D eigenvalue weighted by molar-refractivity contribution is 5.88. The summed E-state index contributed by atoms with van der Waals surface area (Å²) in [6, 6.07) is 10.1. The number of aromatic nitrogens is 2. The topological polar surface area (TPSA) is 197 Å². The van der Waals surface area contributed by atoms with Gasteiger partial charge in [0, 0.05) is 41.8 Å². The number of rotatable bonds is 4. The zero-order valence-electron chi connectivity index (χ0n) is 25.8. The van der Waals surface area contributed by atoms with Gasteiger partial charge in [-0.2, -0.15) is 0 Å². The van der Waals surface area contributed by atoms with Crippen LogP contribution in [0.1, 0.15) is 62.3 Å². The first-order chi connectivity index (χ1) is 21.8. The molecule has 3 aliphatic rings. The largest absolute Gasteiger partial charge is 0.507 e. The second-order valence-corrected chi connectivity index (χ2v) is 13.1. The van der Waals surface area contributed by atoms with Crippen LogP contribution in [-0.4, -0.2) is 55.7 Å². The molecule has 0 unspecified atom stereocenters. The summed E-state index contributed by atoms with van der Waals surface area (Å²) < 4.78 is 24.4. The number of phenols is 1. The summed E-state index contributed by atoms with van der Waals surface area (Å²) in [6.45, 7) is 5.27. The predicted octanol–water partition coefficient (Wildman–Crippen LogP) is 3.91. The van der Waals surface area contributed by atoms with Crippen molar-refractivity contribution < 1.29 is 33.6 Å². The van der Waals surface area contributed by atoms with Crippen LogP contribution in [0.2, 0.25) is 0 Å². The molecule has 12 heteroatoms. The molecule has 0 amide bonds. The standard InChI is InChI=1S/C34H36N4O8/c1-16-10-22(40)29-23(43-16)14-24-28(30(29)41)20-6-5-19(39)15-34(32(42)44-31(20)33(2,3)45-24)25(46-34)7-4-17-11-21(38-27(36)12-17)18-8-9-37-26(35)13-18/h8-14,19-20,25,31,39,41H,4-7,15H2,1-3H3,(H2,35,37)(H2,36,38)/t19-,20-,25-,31-,34-/m1/s1. The van der Waals surface area contributed by atoms with Gasteiger partial charge in [-0.15, -0.1) is 0 Å². The molecule has 1 aromatic carbocycles. The van der Waals surface area contributed by atoms with Crippen molar-refractivity contribution in [3.05, 3.63) is 69.7 Å². The van der Waals surface area contributed by atoms with Crippen LogP contribution in [0, 0.1) is 6.92 Å². The summed E-state index contributed by atoms with van der Waals surface area (Å²) in [4.78, 5) is 35.3. The molecule has 6 N–H and O–H groups in total. The number of hydrogen-bond donors (Lipinski definition) is 4. The number of benzene rings is 1. The molecule has 240 valence electrons. The van der Waals surface area contributed by atoms with Gasteiger partial charge in [-0.05, 0) is 76.3 Å². The minimum absolute atomic E-state index is 0.0347. The van der Waals surface area contributed by atoms with Gasteiger partial charge in [0.25, 0.3) is 0 Å². The Kier molecular flexibility index (Phi) is 6.98. The van der Waals surface area contributed by atoms with Gasteiger partial charge in [0.1, 0.15) is 51.6 Å². The number of aromatic hydroxyl groups is 1. The first-order valence-corrected chi connectivity index (χ1v) is 15.4. The highest BCUT2D eigenvalue weighted by atomic mass is 16.7. The summed E-state index contributed by atoms with van der Waals surface area (Å²) in [5, 5.41) is 22.6. The highest BCUT2D eigenvalue weighted by Gasteiger charge is 2.65. The lowest BCUT2D eigenvalue weighted by molar-refractivity contribution is -0.171. The number of anilines is 2. The lowest BCUT2D eigenvalue weighted by Crippen LogP contribution is -2.52. The highest BCUT2D eigenvalue weighted by Crippen LogP contribution is 2.53. The van der Waals surface area contributed by atoms with E-state index in [1.807, 2.05) is 19.9 Å². The molecular formula is C34H36N4O8. The van der Waals surface area contributed by atoms with Gasteiger partial charge in [-0.3, -0.25) is 4.79 Å². The van der Waals surface area contributed by atoms with Crippen LogP contribution < -0.4 is 21.6 Å². The van der Waals surface area contributed by atoms with Crippen molar-refractivity contribution in [1.29, 1.82) is 0 Å². The first kappa shape index (κ1) is 30.0. The van der Waals surface area contributed by atoms with Crippen LogP contribution in [0.25, 0.3) is 22.2 Å². The maximum absolute atomic E-state index is 14.0. The van der Waals surface area contributed by atoms with Crippen LogP contribution in [0.5, 0.6) is 11.5 Å². The molecule has 4 aromatic rings. The number of fused-ring (bicyclic) bond motifs is 4. The van der Waals surface area contributed by atoms with E-state index >= 15 is 0 Å². The molecule has 46 heavy (non-hydrogen) atoms. The van der Waals surface area contributed by atoms with Crippen LogP contribution in [-0.2, 0) is 20.7 Å². The average Bonchev–Trinajstić information content (AvgIpc) is 3.67. The second-order valence-electron chi connectivity index (χ2n) is 13.1. The molecule has 7 rings (SSSR count). The van der Waals surface area contributed by atoms with E-state index in [0.29, 0.717) is 60.1 Å². The summed E-state index contributed by atoms with van der Waals surface area (Å²) in [6.07, 6.45) is 1.15. The quantitative estimate of drug-likeness (QED) is 0.188. The molecule has 0 radical (unpaired) electrons. The molecule has 0 aliphatic carbocycles. The van der Waals surface area contributed by atoms with Crippen LogP contribution >= 0.6 is 0 Å². The third-order valence-electron chi connectivity index (χ3n) is 9.33. The number of aryl methyl sites for hydroxylation is 2. The minimum Gasteiger partial charge on any atom is -0.507 e. The molecule has 0 bridgehead atoms. The molecule has 1 spiro atoms. The predicted molar refractivity (Wildman–Crippen MR) is 168 cm³/mol. The monoisotopic (exact) mass is 628 g/mol. The molecule has 2 saturated heterocycles. The molecule has 0 saturated carbocycles. The lowest BCUT2D eigenvalue weighted by Gasteiger charge is -2.44. The number of epoxide rings is 1. The summed E-state index contributed by atoms with van der Waals surface area (Å²) >= 11 is 0. The van der Waals surface area contributed by atoms with Gasteiger partial charge < -0.3 is 40.3 Å². The molecular weight excluding hydrogens is 592 g/mol. The van der Waals surface area contributed by atoms with Gasteiger partial charge in [-0.25, -0.2) is 14.8 Å². The Bertz CT molecular complexity index is 1940. The number of nitrogen functional groups attached to an aromatic ring is 2. The number of aliphatic hydroxyl groups excluding tert-OH is 1. The number of aliphatic hydroxyl groups is 1. The molecule has 12 nitrogen and oxygen atoms in total. The van der Waals surface area contributed by atoms with E-state index in [1.54, 1.807) is 37.4 Å². The van der Waals surface area contributed by atoms with E-state index in [0.717, 1.165) is 11.1 Å². The Labute approximate surface area is 264 Å². The van der Waals surface area contributed by atoms with Crippen molar-refractivity contribution in [2.24, 2.45) is 0 Å². The zero-order chi connectivity index (χ0) is 32.5. The Morgan fingerprint density at radius 1 is 1.07 bits per heavy atom. The first-order valence-electron chi connectivity index (χ1n) is 15.4. The Hall–Kier alpha value is -4.68. The van der Waals surface area contributed by atoms with Crippen molar-refractivity contribution >= 4 is 28.6 Å². The van der Waals surface area contributed by atoms with Gasteiger partial charge in [0.2, 0.25) is 0 Å². The summed E-state index contributed by atoms with van der Waals surface area (Å²) in [5.41, 5.74) is 12.2. The van der Waals surface area contributed by atoms with Crippen molar-refractivity contribution in [2.45, 2.75) is 88.3 Å². The van der Waals surface area contributed by atoms with Gasteiger partial charge in [0.05, 0.1) is 17.9 Å². The molecule has 5 atom stereocenters. The number of carbonyl (C=O) groups is 1. The fourth-order valence-electron chi connectivity index (χ4n) is 7.16. The van der Waals surface area contributed by atoms with Gasteiger partial charge in [-0.1, -0.05) is 0 Å². The summed E-state index contributed by atoms with van der Waals surface area (Å²) in [7, 11) is 0. The maximum Gasteiger partial charge on any atom is 0.341 e. The van der Waals surface area contributed by atoms with Crippen molar-refractivity contribution in [1.82, 2.24) is 9.97 Å². The number of nitrogens with two attached hydrogens (primary N) is 2. The number of phenolic OH excluding ortho intramolecular Hbond substituents is 1. The number of esters is 1. The molecule has 2 fully saturated rings. The van der Waals surface area contributed by atoms with E-state index in [2.05, 4.69) is 9.97 Å². The van der Waals surface area contributed by atoms with Crippen molar-refractivity contribution in [3.63, 3.8) is 0 Å². The van der Waals surface area contributed by atoms with Gasteiger partial charge in [0.15, 0.2) is 11.0 Å². The SMILES string of the molecule is Cc1cc(=O)c2c(O)c3c(cc2o1)OC(C)(C)[C@@H]1OC(=O)[C@]2(C[C@H](O)CC[C@H]31)O[C@@H]2CCc1cc(N)nc(-c2ccnc(N)c2)c1.